The molecule has 1 aliphatic rings. The molecule has 2 rings (SSSR count). The summed E-state index contributed by atoms with van der Waals surface area (Å²) in [4.78, 5) is 15.3. The SMILES string of the molecule is CCN(CC1CCC1)C(=O)c1cc(S(=O)(=O)Cl)c(C)s1. The van der Waals surface area contributed by atoms with E-state index in [4.69, 9.17) is 10.7 Å². The molecule has 1 amide bonds. The molecule has 1 aliphatic carbocycles. The molecular formula is C13H18ClNO3S2. The third-order valence-corrected chi connectivity index (χ3v) is 6.33. The van der Waals surface area contributed by atoms with E-state index in [1.807, 2.05) is 6.92 Å². The molecule has 0 N–H and O–H groups in total. The van der Waals surface area contributed by atoms with E-state index >= 15 is 0 Å². The number of carbonyl (C=O) groups is 1. The molecule has 4 nitrogen and oxygen atoms in total. The van der Waals surface area contributed by atoms with Crippen molar-refractivity contribution in [3.8, 4) is 0 Å². The summed E-state index contributed by atoms with van der Waals surface area (Å²) >= 11 is 1.19. The second kappa shape index (κ2) is 6.03. The molecule has 0 saturated heterocycles. The Morgan fingerprint density at radius 1 is 1.50 bits per heavy atom. The highest BCUT2D eigenvalue weighted by atomic mass is 35.7. The van der Waals surface area contributed by atoms with Crippen LogP contribution in [0.4, 0.5) is 0 Å². The fraction of sp³-hybridized carbons (Fsp3) is 0.615. The number of aryl methyl sites for hydroxylation is 1. The second-order valence-corrected chi connectivity index (χ2v) is 8.90. The largest absolute Gasteiger partial charge is 0.338 e. The summed E-state index contributed by atoms with van der Waals surface area (Å²) in [5, 5.41) is 0. The lowest BCUT2D eigenvalue weighted by atomic mass is 9.85. The van der Waals surface area contributed by atoms with E-state index in [1.54, 1.807) is 11.8 Å². The van der Waals surface area contributed by atoms with Crippen LogP contribution in [-0.2, 0) is 9.05 Å². The monoisotopic (exact) mass is 335 g/mol. The maximum Gasteiger partial charge on any atom is 0.263 e. The molecule has 112 valence electrons. The van der Waals surface area contributed by atoms with E-state index in [9.17, 15) is 13.2 Å². The Hall–Kier alpha value is -0.590. The molecule has 1 saturated carbocycles. The lowest BCUT2D eigenvalue weighted by molar-refractivity contribution is 0.0711. The molecule has 1 aromatic heterocycles. The molecule has 0 radical (unpaired) electrons. The molecule has 0 aliphatic heterocycles. The molecule has 0 aromatic carbocycles. The standard InChI is InChI=1S/C13H18ClNO3S2/c1-3-15(8-10-5-4-6-10)13(16)11-7-12(9(2)19-11)20(14,17)18/h7,10H,3-6,8H2,1-2H3. The quantitative estimate of drug-likeness (QED) is 0.776. The van der Waals surface area contributed by atoms with Gasteiger partial charge < -0.3 is 4.90 Å². The Balaban J connectivity index is 2.19. The summed E-state index contributed by atoms with van der Waals surface area (Å²) in [6.07, 6.45) is 3.59. The fourth-order valence-electron chi connectivity index (χ4n) is 2.31. The zero-order chi connectivity index (χ0) is 14.9. The van der Waals surface area contributed by atoms with E-state index in [0.29, 0.717) is 22.2 Å². The van der Waals surface area contributed by atoms with Gasteiger partial charge in [-0.2, -0.15) is 0 Å². The number of amides is 1. The van der Waals surface area contributed by atoms with Crippen molar-refractivity contribution < 1.29 is 13.2 Å². The maximum atomic E-state index is 12.4. The van der Waals surface area contributed by atoms with Crippen molar-refractivity contribution in [2.75, 3.05) is 13.1 Å². The van der Waals surface area contributed by atoms with Crippen molar-refractivity contribution in [1.29, 1.82) is 0 Å². The average Bonchev–Trinajstić information content (AvgIpc) is 2.69. The average molecular weight is 336 g/mol. The van der Waals surface area contributed by atoms with Gasteiger partial charge in [0.25, 0.3) is 15.0 Å². The smallest absolute Gasteiger partial charge is 0.263 e. The zero-order valence-electron chi connectivity index (χ0n) is 11.6. The molecule has 1 aromatic rings. The Labute approximate surface area is 128 Å². The van der Waals surface area contributed by atoms with Crippen LogP contribution in [-0.4, -0.2) is 32.3 Å². The number of rotatable bonds is 5. The van der Waals surface area contributed by atoms with Gasteiger partial charge in [0.15, 0.2) is 0 Å². The Kier molecular flexibility index (Phi) is 4.76. The molecule has 0 bridgehead atoms. The number of halogens is 1. The van der Waals surface area contributed by atoms with E-state index in [0.717, 1.165) is 6.54 Å². The van der Waals surface area contributed by atoms with Crippen molar-refractivity contribution in [2.24, 2.45) is 5.92 Å². The van der Waals surface area contributed by atoms with E-state index in [1.165, 1.54) is 36.7 Å². The molecule has 1 fully saturated rings. The summed E-state index contributed by atoms with van der Waals surface area (Å²) < 4.78 is 22.8. The van der Waals surface area contributed by atoms with Gasteiger partial charge in [-0.3, -0.25) is 4.79 Å². The third-order valence-electron chi connectivity index (χ3n) is 3.72. The van der Waals surface area contributed by atoms with E-state index in [2.05, 4.69) is 0 Å². The number of carbonyl (C=O) groups excluding carboxylic acids is 1. The molecular weight excluding hydrogens is 318 g/mol. The van der Waals surface area contributed by atoms with Crippen LogP contribution < -0.4 is 0 Å². The van der Waals surface area contributed by atoms with Gasteiger partial charge in [0.1, 0.15) is 0 Å². The van der Waals surface area contributed by atoms with E-state index < -0.39 is 9.05 Å². The minimum atomic E-state index is -3.78. The number of thiophene rings is 1. The van der Waals surface area contributed by atoms with Gasteiger partial charge in [-0.1, -0.05) is 6.42 Å². The fourth-order valence-corrected chi connectivity index (χ4v) is 4.94. The molecule has 0 spiro atoms. The number of hydrogen-bond acceptors (Lipinski definition) is 4. The summed E-state index contributed by atoms with van der Waals surface area (Å²) in [6.45, 7) is 5.00. The van der Waals surface area contributed by atoms with Crippen molar-refractivity contribution in [3.05, 3.63) is 15.8 Å². The van der Waals surface area contributed by atoms with Gasteiger partial charge >= 0.3 is 0 Å². The van der Waals surface area contributed by atoms with Gasteiger partial charge in [0.2, 0.25) is 0 Å². The van der Waals surface area contributed by atoms with E-state index in [-0.39, 0.29) is 10.8 Å². The van der Waals surface area contributed by atoms with Crippen LogP contribution in [0.1, 0.15) is 40.7 Å². The van der Waals surface area contributed by atoms with Crippen LogP contribution in [0.25, 0.3) is 0 Å². The molecule has 1 heterocycles. The van der Waals surface area contributed by atoms with Crippen molar-refractivity contribution in [1.82, 2.24) is 4.90 Å². The number of hydrogen-bond donors (Lipinski definition) is 0. The van der Waals surface area contributed by atoms with Crippen molar-refractivity contribution in [2.45, 2.75) is 38.0 Å². The first-order chi connectivity index (χ1) is 9.32. The predicted molar refractivity (Wildman–Crippen MR) is 81.0 cm³/mol. The van der Waals surface area contributed by atoms with Crippen molar-refractivity contribution >= 4 is 37.0 Å². The first-order valence-corrected chi connectivity index (χ1v) is 9.80. The van der Waals surface area contributed by atoms with Gasteiger partial charge in [-0.05, 0) is 38.7 Å². The van der Waals surface area contributed by atoms with Crippen LogP contribution >= 0.6 is 22.0 Å². The molecule has 7 heteroatoms. The van der Waals surface area contributed by atoms with Gasteiger partial charge in [0, 0.05) is 28.6 Å². The summed E-state index contributed by atoms with van der Waals surface area (Å²) in [5.74, 6) is 0.496. The zero-order valence-corrected chi connectivity index (χ0v) is 13.9. The first-order valence-electron chi connectivity index (χ1n) is 6.67. The van der Waals surface area contributed by atoms with Gasteiger partial charge in [-0.25, -0.2) is 8.42 Å². The summed E-state index contributed by atoms with van der Waals surface area (Å²) in [7, 11) is 1.58. The predicted octanol–water partition coefficient (Wildman–Crippen LogP) is 3.25. The lowest BCUT2D eigenvalue weighted by Crippen LogP contribution is -2.36. The second-order valence-electron chi connectivity index (χ2n) is 5.11. The van der Waals surface area contributed by atoms with Crippen LogP contribution in [0.3, 0.4) is 0 Å². The lowest BCUT2D eigenvalue weighted by Gasteiger charge is -2.31. The topological polar surface area (TPSA) is 54.5 Å². The summed E-state index contributed by atoms with van der Waals surface area (Å²) in [6, 6.07) is 1.40. The Morgan fingerprint density at radius 3 is 2.55 bits per heavy atom. The Bertz CT molecular complexity index is 605. The third kappa shape index (κ3) is 3.35. The highest BCUT2D eigenvalue weighted by Crippen LogP contribution is 2.31. The molecule has 20 heavy (non-hydrogen) atoms. The highest BCUT2D eigenvalue weighted by Gasteiger charge is 2.26. The minimum absolute atomic E-state index is 0.0483. The first kappa shape index (κ1) is 15.8. The highest BCUT2D eigenvalue weighted by molar-refractivity contribution is 8.13. The van der Waals surface area contributed by atoms with Crippen LogP contribution in [0.15, 0.2) is 11.0 Å². The van der Waals surface area contributed by atoms with Gasteiger partial charge in [-0.15, -0.1) is 11.3 Å². The van der Waals surface area contributed by atoms with Gasteiger partial charge in [0.05, 0.1) is 9.77 Å². The summed E-state index contributed by atoms with van der Waals surface area (Å²) in [5.41, 5.74) is 0. The maximum absolute atomic E-state index is 12.4. The molecule has 0 atom stereocenters. The normalized spacial score (nSPS) is 15.9. The van der Waals surface area contributed by atoms with Crippen LogP contribution in [0.2, 0.25) is 0 Å². The Morgan fingerprint density at radius 2 is 2.15 bits per heavy atom. The number of nitrogens with zero attached hydrogens (tertiary/aromatic N) is 1. The molecule has 0 unspecified atom stereocenters. The van der Waals surface area contributed by atoms with Crippen molar-refractivity contribution in [3.63, 3.8) is 0 Å². The van der Waals surface area contributed by atoms with Crippen LogP contribution in [0.5, 0.6) is 0 Å². The van der Waals surface area contributed by atoms with Crippen LogP contribution in [0, 0.1) is 12.8 Å². The minimum Gasteiger partial charge on any atom is -0.338 e.